The Hall–Kier alpha value is -1.96. The number of hydrogen-bond acceptors (Lipinski definition) is 5. The van der Waals surface area contributed by atoms with Crippen molar-refractivity contribution in [3.8, 4) is 11.5 Å². The predicted octanol–water partition coefficient (Wildman–Crippen LogP) is 4.05. The average molecular weight is 318 g/mol. The summed E-state index contributed by atoms with van der Waals surface area (Å²) in [7, 11) is 0. The van der Waals surface area contributed by atoms with Crippen LogP contribution in [0, 0.1) is 0 Å². The molecule has 0 amide bonds. The number of para-hydroxylation sites is 2. The zero-order valence-electron chi connectivity index (χ0n) is 11.1. The van der Waals surface area contributed by atoms with Gasteiger partial charge in [-0.2, -0.15) is 0 Å². The van der Waals surface area contributed by atoms with Crippen LogP contribution in [0.5, 0.6) is 11.5 Å². The standard InChI is InChI=1S/C13H13F3N2O2S/c1-2-17-12-18-7-9(21-12)8-19-10-5-3-4-6-11(10)20-13(14,15)16/h3-7H,2,8H2,1H3,(H,17,18). The highest BCUT2D eigenvalue weighted by atomic mass is 32.1. The van der Waals surface area contributed by atoms with Crippen LogP contribution in [0.15, 0.2) is 30.5 Å². The van der Waals surface area contributed by atoms with E-state index in [0.717, 1.165) is 16.6 Å². The number of nitrogens with one attached hydrogen (secondary N) is 1. The zero-order chi connectivity index (χ0) is 15.3. The van der Waals surface area contributed by atoms with E-state index in [9.17, 15) is 13.2 Å². The topological polar surface area (TPSA) is 43.4 Å². The van der Waals surface area contributed by atoms with Crippen molar-refractivity contribution in [1.82, 2.24) is 4.98 Å². The van der Waals surface area contributed by atoms with Crippen LogP contribution < -0.4 is 14.8 Å². The summed E-state index contributed by atoms with van der Waals surface area (Å²) in [6.45, 7) is 2.82. The molecule has 0 saturated heterocycles. The molecule has 2 rings (SSSR count). The van der Waals surface area contributed by atoms with Crippen molar-refractivity contribution in [2.75, 3.05) is 11.9 Å². The molecule has 1 heterocycles. The molecule has 1 aromatic carbocycles. The first-order chi connectivity index (χ1) is 9.98. The largest absolute Gasteiger partial charge is 0.573 e. The Balaban J connectivity index is 2.02. The van der Waals surface area contributed by atoms with Gasteiger partial charge in [0.15, 0.2) is 16.6 Å². The molecule has 0 unspecified atom stereocenters. The maximum atomic E-state index is 12.3. The minimum absolute atomic E-state index is 0.0354. The van der Waals surface area contributed by atoms with E-state index in [2.05, 4.69) is 15.0 Å². The smallest absolute Gasteiger partial charge is 0.484 e. The second-order valence-electron chi connectivity index (χ2n) is 3.95. The molecule has 0 aliphatic carbocycles. The van der Waals surface area contributed by atoms with Crippen molar-refractivity contribution in [2.24, 2.45) is 0 Å². The fourth-order valence-electron chi connectivity index (χ4n) is 1.53. The van der Waals surface area contributed by atoms with Crippen molar-refractivity contribution in [3.05, 3.63) is 35.3 Å². The second-order valence-corrected chi connectivity index (χ2v) is 5.06. The maximum Gasteiger partial charge on any atom is 0.573 e. The third kappa shape index (κ3) is 4.82. The molecule has 8 heteroatoms. The predicted molar refractivity (Wildman–Crippen MR) is 73.7 cm³/mol. The van der Waals surface area contributed by atoms with Gasteiger partial charge in [0.05, 0.1) is 4.88 Å². The van der Waals surface area contributed by atoms with Gasteiger partial charge in [-0.3, -0.25) is 0 Å². The summed E-state index contributed by atoms with van der Waals surface area (Å²) in [5.41, 5.74) is 0. The SMILES string of the molecule is CCNc1ncc(COc2ccccc2OC(F)(F)F)s1. The Morgan fingerprint density at radius 1 is 1.24 bits per heavy atom. The van der Waals surface area contributed by atoms with E-state index >= 15 is 0 Å². The van der Waals surface area contributed by atoms with Crippen LogP contribution in [0.25, 0.3) is 0 Å². The lowest BCUT2D eigenvalue weighted by atomic mass is 10.3. The van der Waals surface area contributed by atoms with E-state index < -0.39 is 6.36 Å². The van der Waals surface area contributed by atoms with Gasteiger partial charge in [-0.1, -0.05) is 23.5 Å². The van der Waals surface area contributed by atoms with Crippen molar-refractivity contribution < 1.29 is 22.6 Å². The number of aromatic nitrogens is 1. The van der Waals surface area contributed by atoms with Crippen molar-refractivity contribution in [1.29, 1.82) is 0 Å². The summed E-state index contributed by atoms with van der Waals surface area (Å²) >= 11 is 1.39. The van der Waals surface area contributed by atoms with E-state index in [1.54, 1.807) is 12.3 Å². The molecule has 1 N–H and O–H groups in total. The van der Waals surface area contributed by atoms with Gasteiger partial charge in [-0.25, -0.2) is 4.98 Å². The van der Waals surface area contributed by atoms with E-state index in [1.165, 1.54) is 29.5 Å². The number of nitrogens with zero attached hydrogens (tertiary/aromatic N) is 1. The molecular weight excluding hydrogens is 305 g/mol. The van der Waals surface area contributed by atoms with Crippen LogP contribution in [-0.2, 0) is 6.61 Å². The third-order valence-corrected chi connectivity index (χ3v) is 3.25. The molecule has 0 bridgehead atoms. The molecule has 21 heavy (non-hydrogen) atoms. The molecule has 114 valence electrons. The molecule has 0 atom stereocenters. The molecule has 0 radical (unpaired) electrons. The normalized spacial score (nSPS) is 11.2. The van der Waals surface area contributed by atoms with Gasteiger partial charge < -0.3 is 14.8 Å². The number of thiazole rings is 1. The number of benzene rings is 1. The fourth-order valence-corrected chi connectivity index (χ4v) is 2.33. The van der Waals surface area contributed by atoms with E-state index in [1.807, 2.05) is 6.92 Å². The van der Waals surface area contributed by atoms with Gasteiger partial charge in [0.1, 0.15) is 6.61 Å². The molecule has 2 aromatic rings. The van der Waals surface area contributed by atoms with Gasteiger partial charge in [0, 0.05) is 12.7 Å². The van der Waals surface area contributed by atoms with Gasteiger partial charge >= 0.3 is 6.36 Å². The highest BCUT2D eigenvalue weighted by molar-refractivity contribution is 7.15. The third-order valence-electron chi connectivity index (χ3n) is 2.33. The molecule has 0 aliphatic heterocycles. The summed E-state index contributed by atoms with van der Waals surface area (Å²) in [4.78, 5) is 4.92. The van der Waals surface area contributed by atoms with E-state index in [0.29, 0.717) is 0 Å². The van der Waals surface area contributed by atoms with Crippen LogP contribution in [0.3, 0.4) is 0 Å². The molecule has 0 aliphatic rings. The number of ether oxygens (including phenoxy) is 2. The van der Waals surface area contributed by atoms with Crippen LogP contribution in [-0.4, -0.2) is 17.9 Å². The molecule has 1 aromatic heterocycles. The molecular formula is C13H13F3N2O2S. The minimum atomic E-state index is -4.75. The highest BCUT2D eigenvalue weighted by Gasteiger charge is 2.32. The lowest BCUT2D eigenvalue weighted by molar-refractivity contribution is -0.275. The number of hydrogen-bond donors (Lipinski definition) is 1. The summed E-state index contributed by atoms with van der Waals surface area (Å²) in [6, 6.07) is 5.66. The van der Waals surface area contributed by atoms with Crippen molar-refractivity contribution in [3.63, 3.8) is 0 Å². The van der Waals surface area contributed by atoms with Crippen molar-refractivity contribution >= 4 is 16.5 Å². The second kappa shape index (κ2) is 6.66. The lowest BCUT2D eigenvalue weighted by Crippen LogP contribution is -2.17. The van der Waals surface area contributed by atoms with Crippen LogP contribution >= 0.6 is 11.3 Å². The summed E-state index contributed by atoms with van der Waals surface area (Å²) in [6.07, 6.45) is -3.13. The Bertz CT molecular complexity index is 587. The molecule has 4 nitrogen and oxygen atoms in total. The number of rotatable bonds is 6. The zero-order valence-corrected chi connectivity index (χ0v) is 11.9. The first-order valence-corrected chi connectivity index (χ1v) is 6.95. The van der Waals surface area contributed by atoms with Crippen molar-refractivity contribution in [2.45, 2.75) is 19.9 Å². The summed E-state index contributed by atoms with van der Waals surface area (Å²) < 4.78 is 46.1. The van der Waals surface area contributed by atoms with Gasteiger partial charge in [0.2, 0.25) is 0 Å². The Labute approximate surface area is 123 Å². The molecule has 0 fully saturated rings. The van der Waals surface area contributed by atoms with Crippen LogP contribution in [0.4, 0.5) is 18.3 Å². The van der Waals surface area contributed by atoms with Gasteiger partial charge in [-0.15, -0.1) is 13.2 Å². The van der Waals surface area contributed by atoms with E-state index in [-0.39, 0.29) is 18.1 Å². The monoisotopic (exact) mass is 318 g/mol. The summed E-state index contributed by atoms with van der Waals surface area (Å²) in [5.74, 6) is -0.324. The first-order valence-electron chi connectivity index (χ1n) is 6.14. The number of anilines is 1. The first kappa shape index (κ1) is 15.4. The van der Waals surface area contributed by atoms with Crippen LogP contribution in [0.1, 0.15) is 11.8 Å². The van der Waals surface area contributed by atoms with Crippen LogP contribution in [0.2, 0.25) is 0 Å². The average Bonchev–Trinajstić information content (AvgIpc) is 2.84. The van der Waals surface area contributed by atoms with Gasteiger partial charge in [0.25, 0.3) is 0 Å². The number of alkyl halides is 3. The van der Waals surface area contributed by atoms with E-state index in [4.69, 9.17) is 4.74 Å². The fraction of sp³-hybridized carbons (Fsp3) is 0.308. The quantitative estimate of drug-likeness (QED) is 0.872. The lowest BCUT2D eigenvalue weighted by Gasteiger charge is -2.13. The van der Waals surface area contributed by atoms with Gasteiger partial charge in [-0.05, 0) is 19.1 Å². The Kier molecular flexibility index (Phi) is 4.89. The molecule has 0 spiro atoms. The Morgan fingerprint density at radius 2 is 1.95 bits per heavy atom. The molecule has 0 saturated carbocycles. The number of halogens is 3. The minimum Gasteiger partial charge on any atom is -0.484 e. The highest BCUT2D eigenvalue weighted by Crippen LogP contribution is 2.32. The summed E-state index contributed by atoms with van der Waals surface area (Å²) in [5, 5.41) is 3.79. The Morgan fingerprint density at radius 3 is 2.62 bits per heavy atom. The maximum absolute atomic E-state index is 12.3.